The summed E-state index contributed by atoms with van der Waals surface area (Å²) >= 11 is 84.5. The van der Waals surface area contributed by atoms with Gasteiger partial charge >= 0.3 is 0 Å². The number of fused-ring (bicyclic) bond motifs is 3. The van der Waals surface area contributed by atoms with Gasteiger partial charge in [-0.2, -0.15) is 20.2 Å². The average molecular weight is 2170 g/mol. The molecule has 0 spiro atoms. The Balaban J connectivity index is 0.000000178. The van der Waals surface area contributed by atoms with Crippen molar-refractivity contribution >= 4 is 219 Å². The summed E-state index contributed by atoms with van der Waals surface area (Å²) in [6.07, 6.45) is 8.69. The molecule has 3 saturated heterocycles. The van der Waals surface area contributed by atoms with E-state index >= 15 is 0 Å². The number of amides is 3. The number of phenolic OH excluding ortho intramolecular Hbond substituents is 3. The van der Waals surface area contributed by atoms with Crippen LogP contribution in [0.1, 0.15) is 151 Å². The van der Waals surface area contributed by atoms with Crippen molar-refractivity contribution in [1.82, 2.24) is 58.3 Å². The van der Waals surface area contributed by atoms with E-state index in [0.29, 0.717) is 99.2 Å². The molecule has 42 heteroatoms. The summed E-state index contributed by atoms with van der Waals surface area (Å²) in [6.45, 7) is 40.8. The number of aryl methyl sites for hydroxylation is 3. The first kappa shape index (κ1) is 107. The van der Waals surface area contributed by atoms with E-state index in [1.54, 1.807) is 70.5 Å². The molecule has 3 amide bonds. The Labute approximate surface area is 873 Å². The van der Waals surface area contributed by atoms with Crippen molar-refractivity contribution in [2.24, 2.45) is 0 Å². The van der Waals surface area contributed by atoms with Crippen molar-refractivity contribution < 1.29 is 38.5 Å². The van der Waals surface area contributed by atoms with Gasteiger partial charge in [-0.15, -0.1) is 0 Å². The standard InChI is InChI=1S/2C33H29Cl5N6O3.C33H29Cl3F2N6O3/c3*1-7-21(45)43-16(5)12-42(13-17(43)6)30-18-10-20(34)28(22-23(35)25(37)26(38)31(46)24(22)36)41-32(18)44(33(47)19(30)11-39)29-15(4)8-9-40-27(29)14(2)3/h3*7-10,14,16-17,46H,1,12-13H2,2-6H3/t3*16-,17+. The molecule has 0 unspecified atom stereocenters. The highest BCUT2D eigenvalue weighted by Gasteiger charge is 2.42. The summed E-state index contributed by atoms with van der Waals surface area (Å²) < 4.78 is 33.1. The summed E-state index contributed by atoms with van der Waals surface area (Å²) in [5.41, 5.74) is 3.14. The van der Waals surface area contributed by atoms with E-state index in [1.165, 1.54) is 38.0 Å². The van der Waals surface area contributed by atoms with Crippen molar-refractivity contribution in [3.63, 3.8) is 0 Å². The Morgan fingerprint density at radius 3 is 0.858 bits per heavy atom. The van der Waals surface area contributed by atoms with Gasteiger partial charge in [0.05, 0.1) is 124 Å². The third-order valence-electron chi connectivity index (χ3n) is 24.8. The van der Waals surface area contributed by atoms with Gasteiger partial charge < -0.3 is 44.7 Å². The Morgan fingerprint density at radius 2 is 0.624 bits per heavy atom. The molecule has 3 aliphatic rings. The number of phenols is 3. The summed E-state index contributed by atoms with van der Waals surface area (Å²) in [5, 5.41) is 61.2. The number of carbonyl (C=O) groups is 3. The first-order chi connectivity index (χ1) is 66.5. The Hall–Kier alpha value is -11.3. The highest BCUT2D eigenvalue weighted by Crippen LogP contribution is 2.55. The fraction of sp³-hybridized carbons (Fsp3) is 0.303. The van der Waals surface area contributed by atoms with Gasteiger partial charge in [-0.25, -0.2) is 19.3 Å². The lowest BCUT2D eigenvalue weighted by molar-refractivity contribution is -0.131. The van der Waals surface area contributed by atoms with Crippen LogP contribution < -0.4 is 31.4 Å². The SMILES string of the molecule is C=CC(=O)N1[C@H](C)CN(c2c(C#N)c(=O)n(-c3c(C)ccnc3C(C)C)c3nc(-c4c(Cl)c(O)c(Cl)c(Cl)c4Cl)c(Cl)cc23)C[C@@H]1C.C=CC(=O)N1[C@H](C)CN(c2c(C#N)c(=O)n(-c3c(C)ccnc3C(C)C)c3nc(-c4c(Cl)c(O)c(Cl)c(Cl)c4Cl)c(Cl)cc23)C[C@@H]1C.C=CC(=O)N1[C@H](C)CN(c2c(C#N)c(=O)n(-c3c(C)ccnc3C(C)C)c3nc(-c4c(Cl)c(O)c(F)c(F)c4Cl)c(Cl)cc23)C[C@@H]1C. The zero-order valence-corrected chi connectivity index (χ0v) is 87.8. The van der Waals surface area contributed by atoms with Gasteiger partial charge in [0.2, 0.25) is 23.5 Å². The fourth-order valence-corrected chi connectivity index (χ4v) is 22.2. The largest absolute Gasteiger partial charge is 0.505 e. The zero-order chi connectivity index (χ0) is 104. The van der Waals surface area contributed by atoms with Crippen LogP contribution >= 0.6 is 151 Å². The number of halogens is 15. The molecule has 27 nitrogen and oxygen atoms in total. The zero-order valence-electron chi connectivity index (χ0n) is 78.0. The number of rotatable bonds is 15. The number of aromatic nitrogens is 9. The molecular formula is C99H87Cl13F2N18O9. The lowest BCUT2D eigenvalue weighted by Gasteiger charge is -2.45. The lowest BCUT2D eigenvalue weighted by Crippen LogP contribution is -2.58. The molecule has 3 fully saturated rings. The third kappa shape index (κ3) is 18.9. The number of benzene rings is 3. The van der Waals surface area contributed by atoms with Crippen LogP contribution in [-0.4, -0.2) is 167 Å². The molecule has 0 bridgehead atoms. The van der Waals surface area contributed by atoms with Crippen LogP contribution in [0.3, 0.4) is 0 Å². The minimum Gasteiger partial charge on any atom is -0.505 e. The predicted molar refractivity (Wildman–Crippen MR) is 557 cm³/mol. The summed E-state index contributed by atoms with van der Waals surface area (Å²) in [6, 6.07) is 14.3. The van der Waals surface area contributed by atoms with Gasteiger partial charge in [0.15, 0.2) is 23.1 Å². The van der Waals surface area contributed by atoms with Gasteiger partial charge in [0.1, 0.15) is 61.9 Å². The number of pyridine rings is 9. The molecule has 6 atom stereocenters. The van der Waals surface area contributed by atoms with Gasteiger partial charge in [-0.3, -0.25) is 57.4 Å². The molecule has 141 heavy (non-hydrogen) atoms. The maximum absolute atomic E-state index is 14.8. The van der Waals surface area contributed by atoms with E-state index < -0.39 is 61.2 Å². The van der Waals surface area contributed by atoms with Gasteiger partial charge in [0.25, 0.3) is 16.7 Å². The second kappa shape index (κ2) is 42.3. The molecule has 732 valence electrons. The number of hydrogen-bond acceptors (Lipinski definition) is 21. The molecule has 3 aliphatic heterocycles. The lowest BCUT2D eigenvalue weighted by atomic mass is 10.0. The summed E-state index contributed by atoms with van der Waals surface area (Å²) in [4.78, 5) is 121. The van der Waals surface area contributed by atoms with Crippen molar-refractivity contribution in [2.45, 2.75) is 158 Å². The van der Waals surface area contributed by atoms with Crippen LogP contribution in [-0.2, 0) is 14.4 Å². The Kier molecular flexibility index (Phi) is 32.1. The van der Waals surface area contributed by atoms with E-state index in [-0.39, 0.29) is 213 Å². The number of nitriles is 3. The van der Waals surface area contributed by atoms with Gasteiger partial charge in [-0.1, -0.05) is 212 Å². The fourth-order valence-electron chi connectivity index (χ4n) is 18.7. The molecule has 0 aliphatic carbocycles. The number of piperazine rings is 3. The molecular weight excluding hydrogens is 2080 g/mol. The van der Waals surface area contributed by atoms with Crippen molar-refractivity contribution in [2.75, 3.05) is 54.0 Å². The van der Waals surface area contributed by atoms with Crippen LogP contribution in [0.2, 0.25) is 65.3 Å². The maximum Gasteiger partial charge on any atom is 0.276 e. The molecule has 12 aromatic rings. The predicted octanol–water partition coefficient (Wildman–Crippen LogP) is 24.0. The smallest absolute Gasteiger partial charge is 0.276 e. The average Bonchev–Trinajstić information content (AvgIpc) is 0.725. The quantitative estimate of drug-likeness (QED) is 0.0487. The van der Waals surface area contributed by atoms with Crippen LogP contribution in [0, 0.1) is 66.4 Å². The first-order valence-corrected chi connectivity index (χ1v) is 48.6. The van der Waals surface area contributed by atoms with Crippen LogP contribution in [0.25, 0.3) is 83.9 Å². The minimum absolute atomic E-state index is 0.00262. The summed E-state index contributed by atoms with van der Waals surface area (Å²) in [5.74, 6) is -6.54. The topological polar surface area (TPSA) is 346 Å². The molecule has 12 heterocycles. The first-order valence-electron chi connectivity index (χ1n) is 43.7. The van der Waals surface area contributed by atoms with E-state index in [1.807, 2.05) is 112 Å². The molecule has 9 aromatic heterocycles. The second-order valence-corrected chi connectivity index (χ2v) is 40.1. The molecule has 3 aromatic carbocycles. The third-order valence-corrected chi connectivity index (χ3v) is 29.7. The highest BCUT2D eigenvalue weighted by molar-refractivity contribution is 6.54. The van der Waals surface area contributed by atoms with E-state index in [4.69, 9.17) is 166 Å². The summed E-state index contributed by atoms with van der Waals surface area (Å²) in [7, 11) is 0. The van der Waals surface area contributed by atoms with Crippen molar-refractivity contribution in [3.8, 4) is 86.3 Å². The van der Waals surface area contributed by atoms with Gasteiger partial charge in [0, 0.05) is 127 Å². The number of nitrogens with zero attached hydrogens (tertiary/aromatic N) is 18. The molecule has 15 rings (SSSR count). The van der Waals surface area contributed by atoms with E-state index in [2.05, 4.69) is 52.9 Å². The Bertz CT molecular complexity index is 6860. The van der Waals surface area contributed by atoms with Crippen LogP contribution in [0.5, 0.6) is 17.2 Å². The monoisotopic (exact) mass is 2160 g/mol. The number of carbonyl (C=O) groups excluding carboxylic acids is 3. The molecule has 3 N–H and O–H groups in total. The molecule has 0 radical (unpaired) electrons. The van der Waals surface area contributed by atoms with Gasteiger partial charge in [-0.05, 0) is 151 Å². The maximum atomic E-state index is 14.8. The minimum atomic E-state index is -1.65. The van der Waals surface area contributed by atoms with E-state index in [9.17, 15) is 68.7 Å². The number of hydrogen-bond donors (Lipinski definition) is 3. The van der Waals surface area contributed by atoms with Crippen LogP contribution in [0.15, 0.2) is 107 Å². The molecule has 0 saturated carbocycles. The van der Waals surface area contributed by atoms with Crippen molar-refractivity contribution in [3.05, 3.63) is 251 Å². The van der Waals surface area contributed by atoms with E-state index in [0.717, 1.165) is 0 Å². The van der Waals surface area contributed by atoms with Crippen molar-refractivity contribution in [1.29, 1.82) is 15.8 Å². The Morgan fingerprint density at radius 1 is 0.383 bits per heavy atom. The number of anilines is 3. The second-order valence-electron chi connectivity index (χ2n) is 35.1. The van der Waals surface area contributed by atoms with Crippen LogP contribution in [0.4, 0.5) is 25.8 Å². The highest BCUT2D eigenvalue weighted by atomic mass is 35.5. The normalized spacial score (nSPS) is 16.6. The number of aromatic hydroxyl groups is 3.